The molecule has 0 aliphatic carbocycles. The highest BCUT2D eigenvalue weighted by molar-refractivity contribution is 6.29. The molecule has 5 heteroatoms. The highest BCUT2D eigenvalue weighted by Gasteiger charge is 2.10. The minimum absolute atomic E-state index is 0.0156. The summed E-state index contributed by atoms with van der Waals surface area (Å²) in [5, 5.41) is 0.364. The van der Waals surface area contributed by atoms with Gasteiger partial charge in [-0.3, -0.25) is 0 Å². The van der Waals surface area contributed by atoms with Gasteiger partial charge in [0, 0.05) is 16.8 Å². The zero-order valence-electron chi connectivity index (χ0n) is 11.3. The maximum Gasteiger partial charge on any atom is 0.263 e. The third kappa shape index (κ3) is 3.73. The lowest BCUT2D eigenvalue weighted by Crippen LogP contribution is -2.00. The van der Waals surface area contributed by atoms with Gasteiger partial charge in [-0.25, -0.2) is 18.7 Å². The van der Waals surface area contributed by atoms with Gasteiger partial charge in [-0.05, 0) is 18.4 Å². The summed E-state index contributed by atoms with van der Waals surface area (Å²) in [5.74, 6) is 0.920. The summed E-state index contributed by atoms with van der Waals surface area (Å²) in [6.45, 7) is 4.18. The number of halogens is 3. The summed E-state index contributed by atoms with van der Waals surface area (Å²) in [5.41, 5.74) is 1.52. The van der Waals surface area contributed by atoms with Gasteiger partial charge in [-0.15, -0.1) is 0 Å². The molecule has 0 fully saturated rings. The third-order valence-corrected chi connectivity index (χ3v) is 2.98. The van der Waals surface area contributed by atoms with Crippen LogP contribution < -0.4 is 0 Å². The molecule has 20 heavy (non-hydrogen) atoms. The standard InChI is InChI=1S/C15H15ClF2N2/c1-9(2)7-12-8-13(16)20-15(19-12)11-5-3-10(4-6-11)14(17)18/h3-6,8-9,14H,7H2,1-2H3. The normalized spacial score (nSPS) is 11.3. The van der Waals surface area contributed by atoms with Crippen LogP contribution in [0.15, 0.2) is 30.3 Å². The molecule has 0 unspecified atom stereocenters. The molecule has 1 aromatic carbocycles. The molecule has 0 aliphatic heterocycles. The van der Waals surface area contributed by atoms with Crippen LogP contribution in [0.3, 0.4) is 0 Å². The monoisotopic (exact) mass is 296 g/mol. The lowest BCUT2D eigenvalue weighted by molar-refractivity contribution is 0.151. The van der Waals surface area contributed by atoms with E-state index in [4.69, 9.17) is 11.6 Å². The van der Waals surface area contributed by atoms with Crippen LogP contribution >= 0.6 is 11.6 Å². The predicted molar refractivity (Wildman–Crippen MR) is 76.0 cm³/mol. The Bertz CT molecular complexity index is 583. The van der Waals surface area contributed by atoms with Crippen LogP contribution in [0.4, 0.5) is 8.78 Å². The number of nitrogens with zero attached hydrogens (tertiary/aromatic N) is 2. The summed E-state index contributed by atoms with van der Waals surface area (Å²) in [6, 6.07) is 7.68. The Morgan fingerprint density at radius 1 is 1.10 bits per heavy atom. The molecule has 0 radical (unpaired) electrons. The van der Waals surface area contributed by atoms with Crippen LogP contribution in [0, 0.1) is 5.92 Å². The van der Waals surface area contributed by atoms with Crippen molar-refractivity contribution >= 4 is 11.6 Å². The van der Waals surface area contributed by atoms with Gasteiger partial charge < -0.3 is 0 Å². The molecule has 2 rings (SSSR count). The summed E-state index contributed by atoms with van der Waals surface area (Å²) >= 11 is 5.99. The largest absolute Gasteiger partial charge is 0.263 e. The molecule has 2 aromatic rings. The SMILES string of the molecule is CC(C)Cc1cc(Cl)nc(-c2ccc(C(F)F)cc2)n1. The zero-order chi connectivity index (χ0) is 14.7. The Morgan fingerprint density at radius 2 is 1.75 bits per heavy atom. The minimum Gasteiger partial charge on any atom is -0.233 e. The van der Waals surface area contributed by atoms with Crippen molar-refractivity contribution in [3.8, 4) is 11.4 Å². The molecule has 0 amide bonds. The summed E-state index contributed by atoms with van der Waals surface area (Å²) in [6.07, 6.45) is -1.68. The lowest BCUT2D eigenvalue weighted by Gasteiger charge is -2.08. The van der Waals surface area contributed by atoms with E-state index in [-0.39, 0.29) is 5.56 Å². The molecule has 0 spiro atoms. The first kappa shape index (κ1) is 14.9. The average Bonchev–Trinajstić information content (AvgIpc) is 2.37. The Hall–Kier alpha value is -1.55. The number of rotatable bonds is 4. The lowest BCUT2D eigenvalue weighted by atomic mass is 10.1. The molecule has 1 heterocycles. The first-order valence-electron chi connectivity index (χ1n) is 6.37. The van der Waals surface area contributed by atoms with Crippen LogP contribution in [0.5, 0.6) is 0 Å². The van der Waals surface area contributed by atoms with Gasteiger partial charge >= 0.3 is 0 Å². The van der Waals surface area contributed by atoms with E-state index in [1.54, 1.807) is 18.2 Å². The van der Waals surface area contributed by atoms with Crippen molar-refractivity contribution in [2.24, 2.45) is 5.92 Å². The van der Waals surface area contributed by atoms with E-state index in [9.17, 15) is 8.78 Å². The first-order chi connectivity index (χ1) is 9.45. The molecule has 0 atom stereocenters. The Kier molecular flexibility index (Phi) is 4.65. The molecule has 0 saturated heterocycles. The number of alkyl halides is 2. The summed E-state index contributed by atoms with van der Waals surface area (Å²) < 4.78 is 25.0. The van der Waals surface area contributed by atoms with E-state index >= 15 is 0 Å². The minimum atomic E-state index is -2.47. The van der Waals surface area contributed by atoms with Crippen LogP contribution in [-0.2, 0) is 6.42 Å². The van der Waals surface area contributed by atoms with Gasteiger partial charge in [0.25, 0.3) is 6.43 Å². The van der Waals surface area contributed by atoms with Gasteiger partial charge in [-0.1, -0.05) is 49.7 Å². The van der Waals surface area contributed by atoms with Gasteiger partial charge in [0.2, 0.25) is 0 Å². The molecule has 0 N–H and O–H groups in total. The average molecular weight is 297 g/mol. The van der Waals surface area contributed by atoms with Gasteiger partial charge in [0.05, 0.1) is 0 Å². The smallest absolute Gasteiger partial charge is 0.233 e. The molecular weight excluding hydrogens is 282 g/mol. The van der Waals surface area contributed by atoms with Crippen LogP contribution in [0.25, 0.3) is 11.4 Å². The molecule has 2 nitrogen and oxygen atoms in total. The molecule has 1 aromatic heterocycles. The van der Waals surface area contributed by atoms with Crippen molar-refractivity contribution < 1.29 is 8.78 Å². The Balaban J connectivity index is 2.34. The molecule has 106 valence electrons. The maximum absolute atomic E-state index is 12.5. The van der Waals surface area contributed by atoms with E-state index in [0.29, 0.717) is 22.5 Å². The summed E-state index contributed by atoms with van der Waals surface area (Å²) in [4.78, 5) is 8.59. The van der Waals surface area contributed by atoms with E-state index < -0.39 is 6.43 Å². The van der Waals surface area contributed by atoms with Gasteiger partial charge in [0.1, 0.15) is 5.15 Å². The fraction of sp³-hybridized carbons (Fsp3) is 0.333. The van der Waals surface area contributed by atoms with Crippen molar-refractivity contribution in [2.75, 3.05) is 0 Å². The van der Waals surface area contributed by atoms with E-state index in [2.05, 4.69) is 23.8 Å². The van der Waals surface area contributed by atoms with Crippen molar-refractivity contribution in [1.82, 2.24) is 9.97 Å². The fourth-order valence-electron chi connectivity index (χ4n) is 1.89. The number of hydrogen-bond donors (Lipinski definition) is 0. The number of aromatic nitrogens is 2. The van der Waals surface area contributed by atoms with Gasteiger partial charge in [0.15, 0.2) is 5.82 Å². The van der Waals surface area contributed by atoms with Crippen LogP contribution in [-0.4, -0.2) is 9.97 Å². The van der Waals surface area contributed by atoms with Gasteiger partial charge in [-0.2, -0.15) is 0 Å². The molecule has 0 saturated carbocycles. The Labute approximate surface area is 121 Å². The van der Waals surface area contributed by atoms with Crippen molar-refractivity contribution in [1.29, 1.82) is 0 Å². The van der Waals surface area contributed by atoms with E-state index in [0.717, 1.165) is 12.1 Å². The first-order valence-corrected chi connectivity index (χ1v) is 6.75. The summed E-state index contributed by atoms with van der Waals surface area (Å²) in [7, 11) is 0. The molecule has 0 aliphatic rings. The van der Waals surface area contributed by atoms with Crippen LogP contribution in [0.2, 0.25) is 5.15 Å². The fourth-order valence-corrected chi connectivity index (χ4v) is 2.10. The van der Waals surface area contributed by atoms with Crippen molar-refractivity contribution in [2.45, 2.75) is 26.7 Å². The zero-order valence-corrected chi connectivity index (χ0v) is 12.0. The second kappa shape index (κ2) is 6.27. The van der Waals surface area contributed by atoms with Crippen LogP contribution in [0.1, 0.15) is 31.5 Å². The van der Waals surface area contributed by atoms with Crippen molar-refractivity contribution in [3.63, 3.8) is 0 Å². The third-order valence-electron chi connectivity index (χ3n) is 2.79. The van der Waals surface area contributed by atoms with E-state index in [1.807, 2.05) is 0 Å². The number of benzene rings is 1. The van der Waals surface area contributed by atoms with E-state index in [1.165, 1.54) is 12.1 Å². The highest BCUT2D eigenvalue weighted by Crippen LogP contribution is 2.23. The van der Waals surface area contributed by atoms with Crippen molar-refractivity contribution in [3.05, 3.63) is 46.7 Å². The second-order valence-electron chi connectivity index (χ2n) is 5.03. The highest BCUT2D eigenvalue weighted by atomic mass is 35.5. The second-order valence-corrected chi connectivity index (χ2v) is 5.41. The Morgan fingerprint density at radius 3 is 2.30 bits per heavy atom. The topological polar surface area (TPSA) is 25.8 Å². The quantitative estimate of drug-likeness (QED) is 0.747. The number of hydrogen-bond acceptors (Lipinski definition) is 2. The molecular formula is C15H15ClF2N2. The predicted octanol–water partition coefficient (Wildman–Crippen LogP) is 4.93. The maximum atomic E-state index is 12.5. The molecule has 0 bridgehead atoms.